The lowest BCUT2D eigenvalue weighted by molar-refractivity contribution is -0.317. The second-order valence-electron chi connectivity index (χ2n) is 5.99. The van der Waals surface area contributed by atoms with Gasteiger partial charge in [-0.15, -0.1) is 0 Å². The van der Waals surface area contributed by atoms with Crippen LogP contribution in [-0.4, -0.2) is 32.2 Å². The van der Waals surface area contributed by atoms with Crippen LogP contribution < -0.4 is 0 Å². The Bertz CT molecular complexity index is 298. The van der Waals surface area contributed by atoms with Gasteiger partial charge in [0.2, 0.25) is 0 Å². The number of hydrogen-bond acceptors (Lipinski definition) is 3. The average molecular weight is 224 g/mol. The molecule has 1 spiro atoms. The number of methoxy groups -OCH3 is 1. The van der Waals surface area contributed by atoms with Crippen LogP contribution in [0.25, 0.3) is 0 Å². The van der Waals surface area contributed by atoms with Crippen LogP contribution in [0.3, 0.4) is 0 Å². The molecule has 4 aliphatic carbocycles. The van der Waals surface area contributed by atoms with Crippen LogP contribution in [0.2, 0.25) is 0 Å². The molecule has 4 bridgehead atoms. The zero-order valence-corrected chi connectivity index (χ0v) is 9.85. The van der Waals surface area contributed by atoms with E-state index in [1.807, 2.05) is 7.11 Å². The molecule has 16 heavy (non-hydrogen) atoms. The summed E-state index contributed by atoms with van der Waals surface area (Å²) in [5.41, 5.74) is 0. The molecular weight excluding hydrogens is 204 g/mol. The predicted molar refractivity (Wildman–Crippen MR) is 57.9 cm³/mol. The van der Waals surface area contributed by atoms with Crippen LogP contribution in [0.1, 0.15) is 25.7 Å². The highest BCUT2D eigenvalue weighted by Crippen LogP contribution is 2.61. The monoisotopic (exact) mass is 224 g/mol. The third-order valence-electron chi connectivity index (χ3n) is 5.39. The Morgan fingerprint density at radius 3 is 2.62 bits per heavy atom. The van der Waals surface area contributed by atoms with Gasteiger partial charge >= 0.3 is 0 Å². The summed E-state index contributed by atoms with van der Waals surface area (Å²) in [6.07, 6.45) is 5.59. The minimum absolute atomic E-state index is 0.256. The van der Waals surface area contributed by atoms with Crippen molar-refractivity contribution in [3.8, 4) is 0 Å². The highest BCUT2D eigenvalue weighted by molar-refractivity contribution is 5.09. The van der Waals surface area contributed by atoms with Gasteiger partial charge in [0.1, 0.15) is 0 Å². The minimum atomic E-state index is -0.256. The molecule has 5 atom stereocenters. The lowest BCUT2D eigenvalue weighted by atomic mass is 9.52. The van der Waals surface area contributed by atoms with Gasteiger partial charge in [0, 0.05) is 18.9 Å². The molecule has 4 unspecified atom stereocenters. The maximum absolute atomic E-state index is 6.05. The molecule has 5 aliphatic rings. The first-order valence-corrected chi connectivity index (χ1v) is 6.64. The smallest absolute Gasteiger partial charge is 0.176 e. The van der Waals surface area contributed by atoms with Gasteiger partial charge in [-0.1, -0.05) is 0 Å². The van der Waals surface area contributed by atoms with Crippen LogP contribution in [0.4, 0.5) is 0 Å². The fourth-order valence-corrected chi connectivity index (χ4v) is 5.04. The normalized spacial score (nSPS) is 52.7. The van der Waals surface area contributed by atoms with Gasteiger partial charge in [-0.3, -0.25) is 0 Å². The van der Waals surface area contributed by atoms with Crippen LogP contribution in [0, 0.1) is 23.7 Å². The first kappa shape index (κ1) is 9.86. The van der Waals surface area contributed by atoms with Crippen LogP contribution in [-0.2, 0) is 14.2 Å². The van der Waals surface area contributed by atoms with Gasteiger partial charge < -0.3 is 14.2 Å². The third kappa shape index (κ3) is 1.05. The molecule has 3 nitrogen and oxygen atoms in total. The molecule has 3 heteroatoms. The van der Waals surface area contributed by atoms with Crippen molar-refractivity contribution in [3.05, 3.63) is 0 Å². The van der Waals surface area contributed by atoms with Crippen molar-refractivity contribution < 1.29 is 14.2 Å². The predicted octanol–water partition coefficient (Wildman–Crippen LogP) is 1.81. The quantitative estimate of drug-likeness (QED) is 0.680. The molecule has 0 aromatic carbocycles. The first-order chi connectivity index (χ1) is 7.83. The van der Waals surface area contributed by atoms with E-state index < -0.39 is 0 Å². The summed E-state index contributed by atoms with van der Waals surface area (Å²) in [6.45, 7) is 1.55. The lowest BCUT2D eigenvalue weighted by Gasteiger charge is -2.60. The SMILES string of the molecule is CO[C@@H]1C2CC3CC(C2)C2(OCCO2)C1C3. The van der Waals surface area contributed by atoms with Crippen LogP contribution >= 0.6 is 0 Å². The van der Waals surface area contributed by atoms with Crippen molar-refractivity contribution in [2.24, 2.45) is 23.7 Å². The summed E-state index contributed by atoms with van der Waals surface area (Å²) in [6, 6.07) is 0. The van der Waals surface area contributed by atoms with Crippen molar-refractivity contribution in [3.63, 3.8) is 0 Å². The molecule has 1 heterocycles. The Morgan fingerprint density at radius 1 is 1.06 bits per heavy atom. The second-order valence-corrected chi connectivity index (χ2v) is 5.99. The summed E-state index contributed by atoms with van der Waals surface area (Å²) in [7, 11) is 1.86. The standard InChI is InChI=1S/C13H20O3/c1-14-12-9-4-8-5-10(7-9)13(11(12)6-8)15-2-3-16-13/h8-12H,2-7H2,1H3/t8?,9?,10?,11?,12-/m1/s1. The van der Waals surface area contributed by atoms with E-state index in [2.05, 4.69) is 0 Å². The number of ether oxygens (including phenoxy) is 3. The van der Waals surface area contributed by atoms with E-state index in [0.29, 0.717) is 17.9 Å². The van der Waals surface area contributed by atoms with E-state index in [1.54, 1.807) is 0 Å². The Balaban J connectivity index is 1.74. The van der Waals surface area contributed by atoms with Crippen molar-refractivity contribution in [1.82, 2.24) is 0 Å². The zero-order valence-electron chi connectivity index (χ0n) is 9.85. The summed E-state index contributed by atoms with van der Waals surface area (Å²) in [5.74, 6) is 2.57. The van der Waals surface area contributed by atoms with E-state index in [1.165, 1.54) is 25.7 Å². The van der Waals surface area contributed by atoms with E-state index >= 15 is 0 Å². The molecule has 1 aliphatic heterocycles. The largest absolute Gasteiger partial charge is 0.381 e. The maximum atomic E-state index is 6.05. The Labute approximate surface area is 96.4 Å². The number of hydrogen-bond donors (Lipinski definition) is 0. The van der Waals surface area contributed by atoms with Gasteiger partial charge in [0.15, 0.2) is 5.79 Å². The van der Waals surface area contributed by atoms with E-state index in [0.717, 1.165) is 25.0 Å². The summed E-state index contributed by atoms with van der Waals surface area (Å²) in [5, 5.41) is 0. The molecule has 4 saturated carbocycles. The topological polar surface area (TPSA) is 27.7 Å². The van der Waals surface area contributed by atoms with Gasteiger partial charge in [-0.25, -0.2) is 0 Å². The van der Waals surface area contributed by atoms with Crippen LogP contribution in [0.15, 0.2) is 0 Å². The molecule has 0 N–H and O–H groups in total. The molecule has 90 valence electrons. The first-order valence-electron chi connectivity index (χ1n) is 6.64. The van der Waals surface area contributed by atoms with Crippen molar-refractivity contribution in [2.75, 3.05) is 20.3 Å². The summed E-state index contributed by atoms with van der Waals surface area (Å²) in [4.78, 5) is 0. The molecule has 0 aromatic heterocycles. The number of rotatable bonds is 1. The molecular formula is C13H20O3. The van der Waals surface area contributed by atoms with E-state index in [-0.39, 0.29) is 5.79 Å². The fourth-order valence-electron chi connectivity index (χ4n) is 5.04. The molecule has 0 aromatic rings. The molecule has 0 amide bonds. The molecule has 1 saturated heterocycles. The Hall–Kier alpha value is -0.120. The van der Waals surface area contributed by atoms with Gasteiger partial charge in [-0.2, -0.15) is 0 Å². The zero-order chi connectivity index (χ0) is 10.8. The van der Waals surface area contributed by atoms with Crippen molar-refractivity contribution in [1.29, 1.82) is 0 Å². The highest BCUT2D eigenvalue weighted by Gasteiger charge is 2.64. The Kier molecular flexibility index (Phi) is 1.98. The lowest BCUT2D eigenvalue weighted by Crippen LogP contribution is -2.64. The third-order valence-corrected chi connectivity index (χ3v) is 5.39. The van der Waals surface area contributed by atoms with E-state index in [4.69, 9.17) is 14.2 Å². The maximum Gasteiger partial charge on any atom is 0.176 e. The van der Waals surface area contributed by atoms with Crippen molar-refractivity contribution >= 4 is 0 Å². The average Bonchev–Trinajstić information content (AvgIpc) is 2.76. The molecule has 0 radical (unpaired) electrons. The van der Waals surface area contributed by atoms with Crippen LogP contribution in [0.5, 0.6) is 0 Å². The van der Waals surface area contributed by atoms with Gasteiger partial charge in [0.05, 0.1) is 19.3 Å². The fraction of sp³-hybridized carbons (Fsp3) is 1.00. The van der Waals surface area contributed by atoms with Crippen molar-refractivity contribution in [2.45, 2.75) is 37.6 Å². The summed E-state index contributed by atoms with van der Waals surface area (Å²) >= 11 is 0. The van der Waals surface area contributed by atoms with E-state index in [9.17, 15) is 0 Å². The van der Waals surface area contributed by atoms with Gasteiger partial charge in [0.25, 0.3) is 0 Å². The molecule has 5 rings (SSSR count). The highest BCUT2D eigenvalue weighted by atomic mass is 16.7. The summed E-state index contributed by atoms with van der Waals surface area (Å²) < 4.78 is 17.8. The van der Waals surface area contributed by atoms with Gasteiger partial charge in [-0.05, 0) is 37.5 Å². The second kappa shape index (κ2) is 3.21. The Morgan fingerprint density at radius 2 is 1.88 bits per heavy atom. The molecule has 5 fully saturated rings. The minimum Gasteiger partial charge on any atom is -0.381 e.